The number of nitrogens with zero attached hydrogens (tertiary/aromatic N) is 1. The molecule has 0 radical (unpaired) electrons. The summed E-state index contributed by atoms with van der Waals surface area (Å²) in [6, 6.07) is 11.1. The minimum absolute atomic E-state index is 0.0338. The zero-order chi connectivity index (χ0) is 21.1. The van der Waals surface area contributed by atoms with E-state index in [0.29, 0.717) is 35.0 Å². The van der Waals surface area contributed by atoms with Gasteiger partial charge in [-0.25, -0.2) is 9.69 Å². The molecule has 1 heterocycles. The van der Waals surface area contributed by atoms with Gasteiger partial charge in [-0.2, -0.15) is 0 Å². The number of anilines is 2. The number of ether oxygens (including phenoxy) is 1. The van der Waals surface area contributed by atoms with E-state index in [0.717, 1.165) is 10.5 Å². The van der Waals surface area contributed by atoms with Gasteiger partial charge in [0, 0.05) is 10.7 Å². The van der Waals surface area contributed by atoms with E-state index in [1.54, 1.807) is 18.2 Å². The first-order valence-electron chi connectivity index (χ1n) is 8.92. The third-order valence-electron chi connectivity index (χ3n) is 4.29. The Balaban J connectivity index is 1.82. The Bertz CT molecular complexity index is 1020. The minimum Gasteiger partial charge on any atom is -0.462 e. The molecule has 0 aromatic heterocycles. The average molecular weight is 433 g/mol. The van der Waals surface area contributed by atoms with E-state index in [1.807, 2.05) is 13.8 Å². The molecule has 1 N–H and O–H groups in total. The van der Waals surface area contributed by atoms with E-state index < -0.39 is 17.8 Å². The number of amides is 2. The highest BCUT2D eigenvalue weighted by Crippen LogP contribution is 2.31. The van der Waals surface area contributed by atoms with Crippen LogP contribution in [0.2, 0.25) is 5.02 Å². The van der Waals surface area contributed by atoms with Crippen molar-refractivity contribution in [3.63, 3.8) is 0 Å². The fourth-order valence-electron chi connectivity index (χ4n) is 2.73. The van der Waals surface area contributed by atoms with Crippen molar-refractivity contribution in [1.82, 2.24) is 0 Å². The normalized spacial score (nSPS) is 13.9. The van der Waals surface area contributed by atoms with E-state index in [-0.39, 0.29) is 10.7 Å². The van der Waals surface area contributed by atoms with Crippen molar-refractivity contribution >= 4 is 52.4 Å². The monoisotopic (exact) mass is 432 g/mol. The van der Waals surface area contributed by atoms with Crippen molar-refractivity contribution in [2.75, 3.05) is 16.8 Å². The molecule has 0 bridgehead atoms. The second-order valence-electron chi connectivity index (χ2n) is 6.40. The van der Waals surface area contributed by atoms with Gasteiger partial charge < -0.3 is 10.1 Å². The van der Waals surface area contributed by atoms with Crippen LogP contribution in [-0.4, -0.2) is 24.4 Å². The lowest BCUT2D eigenvalue weighted by atomic mass is 10.2. The Morgan fingerprint density at radius 2 is 1.76 bits per heavy atom. The second-order valence-corrected chi connectivity index (χ2v) is 7.22. The molecule has 3 rings (SSSR count). The molecule has 8 heteroatoms. The summed E-state index contributed by atoms with van der Waals surface area (Å²) in [5.41, 5.74) is 1.99. The number of carbonyl (C=O) groups excluding carboxylic acids is 3. The first-order chi connectivity index (χ1) is 13.8. The van der Waals surface area contributed by atoms with Gasteiger partial charge >= 0.3 is 5.97 Å². The molecule has 0 atom stereocenters. The second kappa shape index (κ2) is 8.68. The Morgan fingerprint density at radius 1 is 1.07 bits per heavy atom. The topological polar surface area (TPSA) is 75.7 Å². The number of nitrogens with one attached hydrogen (secondary N) is 1. The summed E-state index contributed by atoms with van der Waals surface area (Å²) in [5.74, 6) is -1.71. The molecular weight excluding hydrogens is 415 g/mol. The lowest BCUT2D eigenvalue weighted by Gasteiger charge is -2.16. The van der Waals surface area contributed by atoms with Crippen molar-refractivity contribution in [2.45, 2.75) is 20.3 Å². The van der Waals surface area contributed by atoms with Crippen molar-refractivity contribution in [1.29, 1.82) is 0 Å². The van der Waals surface area contributed by atoms with E-state index in [9.17, 15) is 14.4 Å². The fraction of sp³-hybridized carbons (Fsp3) is 0.190. The highest BCUT2D eigenvalue weighted by molar-refractivity contribution is 6.53. The SMILES string of the molecule is CCCOC(=O)c1ccc(N2C(=O)C(Cl)=C(Nc3cc(Cl)ccc3C)C2=O)cc1. The summed E-state index contributed by atoms with van der Waals surface area (Å²) in [7, 11) is 0. The Morgan fingerprint density at radius 3 is 2.41 bits per heavy atom. The number of rotatable bonds is 6. The third-order valence-corrected chi connectivity index (χ3v) is 4.87. The fourth-order valence-corrected chi connectivity index (χ4v) is 3.12. The van der Waals surface area contributed by atoms with Gasteiger partial charge in [0.05, 0.1) is 17.9 Å². The van der Waals surface area contributed by atoms with Crippen LogP contribution in [0.5, 0.6) is 0 Å². The van der Waals surface area contributed by atoms with E-state index in [4.69, 9.17) is 27.9 Å². The van der Waals surface area contributed by atoms with Crippen LogP contribution >= 0.6 is 23.2 Å². The van der Waals surface area contributed by atoms with Gasteiger partial charge in [0.25, 0.3) is 11.8 Å². The van der Waals surface area contributed by atoms with Gasteiger partial charge in [0.1, 0.15) is 10.7 Å². The van der Waals surface area contributed by atoms with E-state index in [1.165, 1.54) is 24.3 Å². The number of hydrogen-bond donors (Lipinski definition) is 1. The van der Waals surface area contributed by atoms with Crippen LogP contribution in [-0.2, 0) is 14.3 Å². The molecular formula is C21H18Cl2N2O4. The number of benzene rings is 2. The van der Waals surface area contributed by atoms with Crippen LogP contribution in [0.25, 0.3) is 0 Å². The summed E-state index contributed by atoms with van der Waals surface area (Å²) in [5, 5.41) is 3.17. The maximum absolute atomic E-state index is 12.9. The molecule has 2 aromatic rings. The largest absolute Gasteiger partial charge is 0.462 e. The molecule has 1 aliphatic heterocycles. The molecule has 150 valence electrons. The number of aryl methyl sites for hydroxylation is 1. The van der Waals surface area contributed by atoms with Gasteiger partial charge in [-0.1, -0.05) is 36.2 Å². The Labute approximate surface area is 178 Å². The lowest BCUT2D eigenvalue weighted by molar-refractivity contribution is -0.120. The quantitative estimate of drug-likeness (QED) is 0.530. The highest BCUT2D eigenvalue weighted by atomic mass is 35.5. The summed E-state index contributed by atoms with van der Waals surface area (Å²) in [6.45, 7) is 4.05. The highest BCUT2D eigenvalue weighted by Gasteiger charge is 2.39. The molecule has 2 aromatic carbocycles. The van der Waals surface area contributed by atoms with Crippen molar-refractivity contribution < 1.29 is 19.1 Å². The van der Waals surface area contributed by atoms with Crippen molar-refractivity contribution in [3.8, 4) is 0 Å². The number of halogens is 2. The van der Waals surface area contributed by atoms with Crippen molar-refractivity contribution in [3.05, 3.63) is 69.3 Å². The first-order valence-corrected chi connectivity index (χ1v) is 9.68. The number of esters is 1. The molecule has 29 heavy (non-hydrogen) atoms. The first kappa shape index (κ1) is 20.9. The van der Waals surface area contributed by atoms with Crippen LogP contribution in [0.1, 0.15) is 29.3 Å². The standard InChI is InChI=1S/C21H18Cl2N2O4/c1-3-10-29-21(28)13-5-8-15(9-6-13)25-19(26)17(23)18(20(25)27)24-16-11-14(22)7-4-12(16)2/h4-9,11,24H,3,10H2,1-2H3. The molecule has 0 saturated heterocycles. The molecule has 0 saturated carbocycles. The molecule has 0 spiro atoms. The van der Waals surface area contributed by atoms with Gasteiger partial charge in [0.2, 0.25) is 0 Å². The van der Waals surface area contributed by atoms with Crippen LogP contribution in [0, 0.1) is 6.92 Å². The maximum Gasteiger partial charge on any atom is 0.338 e. The Hall–Kier alpha value is -2.83. The molecule has 1 aliphatic rings. The summed E-state index contributed by atoms with van der Waals surface area (Å²) in [4.78, 5) is 38.3. The average Bonchev–Trinajstić information content (AvgIpc) is 2.92. The van der Waals surface area contributed by atoms with Crippen LogP contribution in [0.4, 0.5) is 11.4 Å². The summed E-state index contributed by atoms with van der Waals surface area (Å²) < 4.78 is 5.07. The van der Waals surface area contributed by atoms with Crippen molar-refractivity contribution in [2.24, 2.45) is 0 Å². The van der Waals surface area contributed by atoms with Crippen LogP contribution in [0.3, 0.4) is 0 Å². The molecule has 0 fully saturated rings. The van der Waals surface area contributed by atoms with E-state index >= 15 is 0 Å². The third kappa shape index (κ3) is 4.28. The zero-order valence-corrected chi connectivity index (χ0v) is 17.3. The maximum atomic E-state index is 12.9. The summed E-state index contributed by atoms with van der Waals surface area (Å²) >= 11 is 12.2. The number of imide groups is 1. The zero-order valence-electron chi connectivity index (χ0n) is 15.8. The Kier molecular flexibility index (Phi) is 6.25. The number of carbonyl (C=O) groups is 3. The van der Waals surface area contributed by atoms with Gasteiger partial charge in [-0.15, -0.1) is 0 Å². The summed E-state index contributed by atoms with van der Waals surface area (Å²) in [6.07, 6.45) is 0.715. The number of hydrogen-bond acceptors (Lipinski definition) is 5. The van der Waals surface area contributed by atoms with E-state index in [2.05, 4.69) is 5.32 Å². The van der Waals surface area contributed by atoms with Gasteiger partial charge in [0.15, 0.2) is 0 Å². The lowest BCUT2D eigenvalue weighted by Crippen LogP contribution is -2.32. The predicted octanol–water partition coefficient (Wildman–Crippen LogP) is 4.65. The molecule has 2 amide bonds. The van der Waals surface area contributed by atoms with Crippen LogP contribution in [0.15, 0.2) is 53.2 Å². The van der Waals surface area contributed by atoms with Crippen LogP contribution < -0.4 is 10.2 Å². The van der Waals surface area contributed by atoms with Gasteiger partial charge in [-0.3, -0.25) is 9.59 Å². The predicted molar refractivity (Wildman–Crippen MR) is 112 cm³/mol. The van der Waals surface area contributed by atoms with Gasteiger partial charge in [-0.05, 0) is 55.3 Å². The molecule has 0 unspecified atom stereocenters. The minimum atomic E-state index is -0.653. The smallest absolute Gasteiger partial charge is 0.338 e. The molecule has 0 aliphatic carbocycles. The molecule has 6 nitrogen and oxygen atoms in total.